The third-order valence-electron chi connectivity index (χ3n) is 2.85. The monoisotopic (exact) mass is 193 g/mol. The van der Waals surface area contributed by atoms with E-state index in [-0.39, 0.29) is 5.41 Å². The molecule has 1 fully saturated rings. The topological polar surface area (TPSA) is 40.7 Å². The predicted octanol–water partition coefficient (Wildman–Crippen LogP) is 2.13. The third kappa shape index (κ3) is 1.69. The molecule has 3 nitrogen and oxygen atoms in total. The fourth-order valence-electron chi connectivity index (χ4n) is 2.11. The lowest BCUT2D eigenvalue weighted by Crippen LogP contribution is -2.19. The van der Waals surface area contributed by atoms with Gasteiger partial charge < -0.3 is 5.32 Å². The first-order chi connectivity index (χ1) is 6.59. The van der Waals surface area contributed by atoms with Crippen molar-refractivity contribution in [3.63, 3.8) is 0 Å². The lowest BCUT2D eigenvalue weighted by Gasteiger charge is -2.21. The summed E-state index contributed by atoms with van der Waals surface area (Å²) >= 11 is 0. The van der Waals surface area contributed by atoms with Crippen LogP contribution in [0.2, 0.25) is 0 Å². The maximum atomic E-state index is 4.17. The molecule has 1 aliphatic rings. The Hall–Kier alpha value is -0.830. The van der Waals surface area contributed by atoms with Crippen LogP contribution in [-0.4, -0.2) is 16.7 Å². The number of nitrogens with one attached hydrogen (secondary N) is 2. The first-order valence-electron chi connectivity index (χ1n) is 5.36. The molecule has 1 saturated heterocycles. The van der Waals surface area contributed by atoms with Gasteiger partial charge in [-0.2, -0.15) is 5.10 Å². The summed E-state index contributed by atoms with van der Waals surface area (Å²) in [7, 11) is 0. The van der Waals surface area contributed by atoms with Crippen molar-refractivity contribution in [1.29, 1.82) is 0 Å². The second-order valence-electron chi connectivity index (χ2n) is 5.10. The van der Waals surface area contributed by atoms with E-state index in [1.165, 1.54) is 24.1 Å². The van der Waals surface area contributed by atoms with Gasteiger partial charge in [-0.05, 0) is 19.4 Å². The molecule has 0 spiro atoms. The van der Waals surface area contributed by atoms with Crippen LogP contribution in [-0.2, 0) is 5.41 Å². The SMILES string of the molecule is CC(C)(C)c1[nH]ncc1C1CCCN1. The van der Waals surface area contributed by atoms with Gasteiger partial charge in [0.15, 0.2) is 0 Å². The molecule has 2 N–H and O–H groups in total. The molecule has 1 aliphatic heterocycles. The summed E-state index contributed by atoms with van der Waals surface area (Å²) in [5, 5.41) is 10.8. The van der Waals surface area contributed by atoms with E-state index in [4.69, 9.17) is 0 Å². The number of hydrogen-bond donors (Lipinski definition) is 2. The number of nitrogens with zero attached hydrogens (tertiary/aromatic N) is 1. The molecule has 1 unspecified atom stereocenters. The van der Waals surface area contributed by atoms with E-state index in [1.54, 1.807) is 0 Å². The van der Waals surface area contributed by atoms with Crippen molar-refractivity contribution in [3.05, 3.63) is 17.5 Å². The van der Waals surface area contributed by atoms with Crippen molar-refractivity contribution in [2.75, 3.05) is 6.54 Å². The van der Waals surface area contributed by atoms with Gasteiger partial charge in [0, 0.05) is 22.7 Å². The summed E-state index contributed by atoms with van der Waals surface area (Å²) in [5.41, 5.74) is 2.79. The number of rotatable bonds is 1. The summed E-state index contributed by atoms with van der Waals surface area (Å²) in [4.78, 5) is 0. The summed E-state index contributed by atoms with van der Waals surface area (Å²) in [6.45, 7) is 7.80. The zero-order valence-corrected chi connectivity index (χ0v) is 9.22. The highest BCUT2D eigenvalue weighted by molar-refractivity contribution is 5.27. The van der Waals surface area contributed by atoms with Gasteiger partial charge in [-0.1, -0.05) is 20.8 Å². The van der Waals surface area contributed by atoms with E-state index in [2.05, 4.69) is 36.3 Å². The van der Waals surface area contributed by atoms with Gasteiger partial charge in [-0.3, -0.25) is 5.10 Å². The minimum Gasteiger partial charge on any atom is -0.310 e. The number of aromatic amines is 1. The lowest BCUT2D eigenvalue weighted by molar-refractivity contribution is 0.541. The van der Waals surface area contributed by atoms with E-state index >= 15 is 0 Å². The van der Waals surface area contributed by atoms with Crippen LogP contribution >= 0.6 is 0 Å². The van der Waals surface area contributed by atoms with Crippen LogP contribution in [0.3, 0.4) is 0 Å². The summed E-state index contributed by atoms with van der Waals surface area (Å²) in [6.07, 6.45) is 4.49. The quantitative estimate of drug-likeness (QED) is 0.717. The minimum absolute atomic E-state index is 0.163. The summed E-state index contributed by atoms with van der Waals surface area (Å²) in [5.74, 6) is 0. The molecule has 2 rings (SSSR count). The first-order valence-corrected chi connectivity index (χ1v) is 5.36. The first kappa shape index (κ1) is 9.71. The van der Waals surface area contributed by atoms with E-state index < -0.39 is 0 Å². The molecular formula is C11H19N3. The molecule has 78 valence electrons. The third-order valence-corrected chi connectivity index (χ3v) is 2.85. The highest BCUT2D eigenvalue weighted by Crippen LogP contribution is 2.31. The zero-order chi connectivity index (χ0) is 10.2. The van der Waals surface area contributed by atoms with Crippen LogP contribution in [0.5, 0.6) is 0 Å². The molecule has 3 heteroatoms. The Morgan fingerprint density at radius 1 is 1.43 bits per heavy atom. The Labute approximate surface area is 85.3 Å². The number of aromatic nitrogens is 2. The average molecular weight is 193 g/mol. The maximum absolute atomic E-state index is 4.17. The fraction of sp³-hybridized carbons (Fsp3) is 0.727. The minimum atomic E-state index is 0.163. The molecule has 0 saturated carbocycles. The molecule has 1 aromatic heterocycles. The molecular weight excluding hydrogens is 174 g/mol. The molecule has 1 aromatic rings. The largest absolute Gasteiger partial charge is 0.310 e. The molecule has 1 atom stereocenters. The Kier molecular flexibility index (Phi) is 2.35. The summed E-state index contributed by atoms with van der Waals surface area (Å²) in [6, 6.07) is 0.517. The fourth-order valence-corrected chi connectivity index (χ4v) is 2.11. The van der Waals surface area contributed by atoms with Crippen LogP contribution in [0.1, 0.15) is 50.9 Å². The van der Waals surface area contributed by atoms with Crippen LogP contribution in [0.25, 0.3) is 0 Å². The van der Waals surface area contributed by atoms with Gasteiger partial charge in [-0.15, -0.1) is 0 Å². The normalized spacial score (nSPS) is 22.9. The Balaban J connectivity index is 2.29. The number of hydrogen-bond acceptors (Lipinski definition) is 2. The van der Waals surface area contributed by atoms with Crippen molar-refractivity contribution in [1.82, 2.24) is 15.5 Å². The van der Waals surface area contributed by atoms with Gasteiger partial charge in [0.2, 0.25) is 0 Å². The molecule has 2 heterocycles. The van der Waals surface area contributed by atoms with Gasteiger partial charge in [0.1, 0.15) is 0 Å². The van der Waals surface area contributed by atoms with Crippen molar-refractivity contribution in [2.45, 2.75) is 45.1 Å². The maximum Gasteiger partial charge on any atom is 0.0538 e. The van der Waals surface area contributed by atoms with Crippen LogP contribution < -0.4 is 5.32 Å². The Morgan fingerprint density at radius 2 is 2.21 bits per heavy atom. The highest BCUT2D eigenvalue weighted by atomic mass is 15.1. The Bertz CT molecular complexity index is 303. The molecule has 0 radical (unpaired) electrons. The van der Waals surface area contributed by atoms with Gasteiger partial charge in [-0.25, -0.2) is 0 Å². The van der Waals surface area contributed by atoms with Gasteiger partial charge >= 0.3 is 0 Å². The molecule has 0 amide bonds. The van der Waals surface area contributed by atoms with Crippen molar-refractivity contribution in [3.8, 4) is 0 Å². The second-order valence-corrected chi connectivity index (χ2v) is 5.10. The lowest BCUT2D eigenvalue weighted by atomic mass is 9.87. The van der Waals surface area contributed by atoms with Crippen molar-refractivity contribution < 1.29 is 0 Å². The second kappa shape index (κ2) is 3.39. The zero-order valence-electron chi connectivity index (χ0n) is 9.22. The van der Waals surface area contributed by atoms with Crippen molar-refractivity contribution >= 4 is 0 Å². The van der Waals surface area contributed by atoms with E-state index in [9.17, 15) is 0 Å². The predicted molar refractivity (Wildman–Crippen MR) is 57.3 cm³/mol. The van der Waals surface area contributed by atoms with E-state index in [0.717, 1.165) is 6.54 Å². The molecule has 0 aromatic carbocycles. The highest BCUT2D eigenvalue weighted by Gasteiger charge is 2.26. The van der Waals surface area contributed by atoms with Crippen LogP contribution in [0, 0.1) is 0 Å². The van der Waals surface area contributed by atoms with Crippen LogP contribution in [0.4, 0.5) is 0 Å². The standard InChI is InChI=1S/C11H19N3/c1-11(2,3)10-8(7-13-14-10)9-5-4-6-12-9/h7,9,12H,4-6H2,1-3H3,(H,13,14). The smallest absolute Gasteiger partial charge is 0.0538 e. The van der Waals surface area contributed by atoms with Gasteiger partial charge in [0.25, 0.3) is 0 Å². The van der Waals surface area contributed by atoms with Crippen LogP contribution in [0.15, 0.2) is 6.20 Å². The number of H-pyrrole nitrogens is 1. The average Bonchev–Trinajstić information content (AvgIpc) is 2.73. The molecule has 14 heavy (non-hydrogen) atoms. The Morgan fingerprint density at radius 3 is 2.79 bits per heavy atom. The molecule has 0 bridgehead atoms. The van der Waals surface area contributed by atoms with Crippen molar-refractivity contribution in [2.24, 2.45) is 0 Å². The van der Waals surface area contributed by atoms with E-state index in [0.29, 0.717) is 6.04 Å². The van der Waals surface area contributed by atoms with E-state index in [1.807, 2.05) is 6.20 Å². The summed E-state index contributed by atoms with van der Waals surface area (Å²) < 4.78 is 0. The van der Waals surface area contributed by atoms with Gasteiger partial charge in [0.05, 0.1) is 6.20 Å². The molecule has 0 aliphatic carbocycles.